The van der Waals surface area contributed by atoms with Crippen LogP contribution in [0.25, 0.3) is 11.3 Å². The van der Waals surface area contributed by atoms with Crippen LogP contribution in [-0.2, 0) is 5.54 Å². The Kier molecular flexibility index (Phi) is 2.69. The van der Waals surface area contributed by atoms with Crippen molar-refractivity contribution >= 4 is 22.9 Å². The standard InChI is InChI=1S/C13H13ClN2S/c14-10-4-2-9(3-5-10)11-8-17-12(16-11)13(15)6-1-7-13/h2-5,8H,1,6-7,15H2. The van der Waals surface area contributed by atoms with Crippen molar-refractivity contribution < 1.29 is 0 Å². The van der Waals surface area contributed by atoms with E-state index in [1.165, 1.54) is 6.42 Å². The van der Waals surface area contributed by atoms with Crippen LogP contribution in [0, 0.1) is 0 Å². The summed E-state index contributed by atoms with van der Waals surface area (Å²) in [5, 5.41) is 3.89. The van der Waals surface area contributed by atoms with Crippen LogP contribution in [0.3, 0.4) is 0 Å². The Bertz CT molecular complexity index is 529. The quantitative estimate of drug-likeness (QED) is 0.896. The van der Waals surface area contributed by atoms with Crippen LogP contribution >= 0.6 is 22.9 Å². The molecule has 0 atom stereocenters. The number of rotatable bonds is 2. The molecule has 1 aromatic heterocycles. The number of nitrogens with two attached hydrogens (primary N) is 1. The van der Waals surface area contributed by atoms with Crippen molar-refractivity contribution in [3.63, 3.8) is 0 Å². The lowest BCUT2D eigenvalue weighted by Gasteiger charge is -2.35. The number of benzene rings is 1. The van der Waals surface area contributed by atoms with Crippen molar-refractivity contribution in [2.45, 2.75) is 24.8 Å². The highest BCUT2D eigenvalue weighted by Gasteiger charge is 2.37. The average molecular weight is 265 g/mol. The third-order valence-electron chi connectivity index (χ3n) is 3.32. The summed E-state index contributed by atoms with van der Waals surface area (Å²) in [6.07, 6.45) is 3.33. The molecule has 1 heterocycles. The van der Waals surface area contributed by atoms with Gasteiger partial charge < -0.3 is 5.73 Å². The number of nitrogens with zero attached hydrogens (tertiary/aromatic N) is 1. The predicted octanol–water partition coefficient (Wildman–Crippen LogP) is 3.80. The molecule has 0 amide bonds. The second kappa shape index (κ2) is 4.09. The van der Waals surface area contributed by atoms with Crippen LogP contribution in [0.4, 0.5) is 0 Å². The highest BCUT2D eigenvalue weighted by molar-refractivity contribution is 7.10. The number of thiazole rings is 1. The molecule has 0 bridgehead atoms. The van der Waals surface area contributed by atoms with Crippen LogP contribution in [0.5, 0.6) is 0 Å². The van der Waals surface area contributed by atoms with Crippen LogP contribution < -0.4 is 5.73 Å². The Labute approximate surface area is 109 Å². The maximum Gasteiger partial charge on any atom is 0.113 e. The summed E-state index contributed by atoms with van der Waals surface area (Å²) in [6, 6.07) is 7.76. The van der Waals surface area contributed by atoms with E-state index in [4.69, 9.17) is 17.3 Å². The minimum Gasteiger partial charge on any atom is -0.319 e. The van der Waals surface area contributed by atoms with E-state index < -0.39 is 0 Å². The number of hydrogen-bond donors (Lipinski definition) is 1. The van der Waals surface area contributed by atoms with Crippen molar-refractivity contribution in [3.05, 3.63) is 39.7 Å². The van der Waals surface area contributed by atoms with Crippen molar-refractivity contribution in [3.8, 4) is 11.3 Å². The molecule has 1 aromatic carbocycles. The fourth-order valence-electron chi connectivity index (χ4n) is 2.03. The van der Waals surface area contributed by atoms with E-state index in [1.807, 2.05) is 24.3 Å². The SMILES string of the molecule is NC1(c2nc(-c3ccc(Cl)cc3)cs2)CCC1. The Morgan fingerprint density at radius 3 is 2.53 bits per heavy atom. The molecule has 4 heteroatoms. The van der Waals surface area contributed by atoms with Gasteiger partial charge in [0.25, 0.3) is 0 Å². The molecule has 2 nitrogen and oxygen atoms in total. The molecule has 1 aliphatic carbocycles. The lowest BCUT2D eigenvalue weighted by atomic mass is 9.78. The second-order valence-electron chi connectivity index (χ2n) is 4.55. The van der Waals surface area contributed by atoms with Gasteiger partial charge in [-0.3, -0.25) is 0 Å². The first-order chi connectivity index (χ1) is 8.17. The van der Waals surface area contributed by atoms with Gasteiger partial charge in [0.05, 0.1) is 11.2 Å². The molecule has 3 rings (SSSR count). The van der Waals surface area contributed by atoms with Gasteiger partial charge in [0, 0.05) is 16.0 Å². The highest BCUT2D eigenvalue weighted by atomic mass is 35.5. The van der Waals surface area contributed by atoms with E-state index in [1.54, 1.807) is 11.3 Å². The maximum absolute atomic E-state index is 6.27. The summed E-state index contributed by atoms with van der Waals surface area (Å²) in [5.74, 6) is 0. The van der Waals surface area contributed by atoms with Crippen LogP contribution in [-0.4, -0.2) is 4.98 Å². The summed E-state index contributed by atoms with van der Waals surface area (Å²) < 4.78 is 0. The molecule has 0 saturated heterocycles. The Morgan fingerprint density at radius 2 is 1.94 bits per heavy atom. The van der Waals surface area contributed by atoms with E-state index in [9.17, 15) is 0 Å². The van der Waals surface area contributed by atoms with E-state index in [0.717, 1.165) is 34.1 Å². The van der Waals surface area contributed by atoms with E-state index in [0.29, 0.717) is 0 Å². The van der Waals surface area contributed by atoms with E-state index >= 15 is 0 Å². The molecule has 17 heavy (non-hydrogen) atoms. The Balaban J connectivity index is 1.92. The molecule has 88 valence electrons. The monoisotopic (exact) mass is 264 g/mol. The number of hydrogen-bond acceptors (Lipinski definition) is 3. The van der Waals surface area contributed by atoms with E-state index in [-0.39, 0.29) is 5.54 Å². The van der Waals surface area contributed by atoms with Gasteiger partial charge >= 0.3 is 0 Å². The smallest absolute Gasteiger partial charge is 0.113 e. The molecule has 1 fully saturated rings. The molecule has 1 saturated carbocycles. The Hall–Kier alpha value is -0.900. The third kappa shape index (κ3) is 1.99. The fraction of sp³-hybridized carbons (Fsp3) is 0.308. The van der Waals surface area contributed by atoms with Gasteiger partial charge in [0.1, 0.15) is 5.01 Å². The lowest BCUT2D eigenvalue weighted by Crippen LogP contribution is -2.43. The zero-order valence-corrected chi connectivity index (χ0v) is 10.9. The second-order valence-corrected chi connectivity index (χ2v) is 5.85. The van der Waals surface area contributed by atoms with Crippen LogP contribution in [0.15, 0.2) is 29.6 Å². The van der Waals surface area contributed by atoms with Gasteiger partial charge in [0.15, 0.2) is 0 Å². The van der Waals surface area contributed by atoms with Gasteiger partial charge in [-0.1, -0.05) is 23.7 Å². The minimum atomic E-state index is -0.157. The zero-order valence-electron chi connectivity index (χ0n) is 9.32. The van der Waals surface area contributed by atoms with Gasteiger partial charge in [-0.2, -0.15) is 0 Å². The van der Waals surface area contributed by atoms with E-state index in [2.05, 4.69) is 10.4 Å². The summed E-state index contributed by atoms with van der Waals surface area (Å²) >= 11 is 7.53. The lowest BCUT2D eigenvalue weighted by molar-refractivity contribution is 0.253. The molecule has 2 N–H and O–H groups in total. The summed E-state index contributed by atoms with van der Waals surface area (Å²) in [6.45, 7) is 0. The highest BCUT2D eigenvalue weighted by Crippen LogP contribution is 2.41. The molecule has 2 aromatic rings. The summed E-state index contributed by atoms with van der Waals surface area (Å²) in [4.78, 5) is 4.65. The zero-order chi connectivity index (χ0) is 11.9. The van der Waals surface area contributed by atoms with Crippen LogP contribution in [0.1, 0.15) is 24.3 Å². The van der Waals surface area contributed by atoms with Gasteiger partial charge in [-0.25, -0.2) is 4.98 Å². The average Bonchev–Trinajstić information content (AvgIpc) is 2.76. The first-order valence-corrected chi connectivity index (χ1v) is 6.94. The summed E-state index contributed by atoms with van der Waals surface area (Å²) in [7, 11) is 0. The molecular weight excluding hydrogens is 252 g/mol. The maximum atomic E-state index is 6.27. The molecule has 1 aliphatic rings. The molecular formula is C13H13ClN2S. The van der Waals surface area contributed by atoms with Crippen molar-refractivity contribution in [2.75, 3.05) is 0 Å². The molecule has 0 spiro atoms. The van der Waals surface area contributed by atoms with Gasteiger partial charge in [-0.05, 0) is 31.4 Å². The third-order valence-corrected chi connectivity index (χ3v) is 4.63. The first-order valence-electron chi connectivity index (χ1n) is 5.68. The minimum absolute atomic E-state index is 0.157. The van der Waals surface area contributed by atoms with Gasteiger partial charge in [-0.15, -0.1) is 11.3 Å². The number of aromatic nitrogens is 1. The predicted molar refractivity (Wildman–Crippen MR) is 72.3 cm³/mol. The Morgan fingerprint density at radius 1 is 1.24 bits per heavy atom. The molecule has 0 unspecified atom stereocenters. The normalized spacial score (nSPS) is 17.8. The molecule has 0 aliphatic heterocycles. The van der Waals surface area contributed by atoms with Crippen molar-refractivity contribution in [1.82, 2.24) is 4.98 Å². The largest absolute Gasteiger partial charge is 0.319 e. The van der Waals surface area contributed by atoms with Crippen LogP contribution in [0.2, 0.25) is 5.02 Å². The summed E-state index contributed by atoms with van der Waals surface area (Å²) in [5.41, 5.74) is 8.20. The van der Waals surface area contributed by atoms with Crippen molar-refractivity contribution in [1.29, 1.82) is 0 Å². The van der Waals surface area contributed by atoms with Gasteiger partial charge in [0.2, 0.25) is 0 Å². The number of halogens is 1. The topological polar surface area (TPSA) is 38.9 Å². The fourth-order valence-corrected chi connectivity index (χ4v) is 3.16. The van der Waals surface area contributed by atoms with Crippen molar-refractivity contribution in [2.24, 2.45) is 5.73 Å². The first kappa shape index (κ1) is 11.2. The molecule has 0 radical (unpaired) electrons.